The Bertz CT molecular complexity index is 969. The Morgan fingerprint density at radius 2 is 2.00 bits per heavy atom. The molecule has 1 atom stereocenters. The minimum absolute atomic E-state index is 0. The van der Waals surface area contributed by atoms with Crippen molar-refractivity contribution in [2.24, 2.45) is 5.73 Å². The van der Waals surface area contributed by atoms with Crippen molar-refractivity contribution in [1.29, 1.82) is 6.86 Å². The Hall–Kier alpha value is -3.42. The van der Waals surface area contributed by atoms with Gasteiger partial charge in [0.05, 0.1) is 6.42 Å². The first kappa shape index (κ1) is 25.8. The minimum atomic E-state index is -0.875. The average Bonchev–Trinajstić information content (AvgIpc) is 2.82. The van der Waals surface area contributed by atoms with E-state index in [2.05, 4.69) is 8.37 Å². The predicted molar refractivity (Wildman–Crippen MR) is 128 cm³/mol. The first-order valence-corrected chi connectivity index (χ1v) is 10.6. The molecule has 7 nitrogen and oxygen atoms in total. The summed E-state index contributed by atoms with van der Waals surface area (Å²) in [4.78, 5) is 26.1. The second-order valence-corrected chi connectivity index (χ2v) is 7.86. The fraction of sp³-hybridized carbons (Fsp3) is 0.400. The van der Waals surface area contributed by atoms with Gasteiger partial charge >= 0.3 is 5.97 Å². The van der Waals surface area contributed by atoms with E-state index >= 15 is 0 Å². The van der Waals surface area contributed by atoms with Gasteiger partial charge in [0, 0.05) is 23.7 Å². The van der Waals surface area contributed by atoms with Crippen molar-refractivity contribution in [1.82, 2.24) is 4.90 Å². The van der Waals surface area contributed by atoms with Crippen molar-refractivity contribution in [3.63, 3.8) is 0 Å². The number of aliphatic carboxylic acids is 1. The van der Waals surface area contributed by atoms with E-state index in [1.54, 1.807) is 29.2 Å². The Morgan fingerprint density at radius 3 is 2.61 bits per heavy atom. The number of nitrogens with two attached hydrogens (primary N) is 1. The van der Waals surface area contributed by atoms with E-state index in [-0.39, 0.29) is 31.6 Å². The number of fused-ring (bicyclic) bond motifs is 1. The van der Waals surface area contributed by atoms with E-state index < -0.39 is 5.97 Å². The summed E-state index contributed by atoms with van der Waals surface area (Å²) in [7, 11) is 0. The zero-order valence-corrected chi connectivity index (χ0v) is 18.1. The molecule has 3 rings (SSSR count). The highest BCUT2D eigenvalue weighted by Crippen LogP contribution is 2.27. The lowest BCUT2D eigenvalue weighted by atomic mass is 9.95. The van der Waals surface area contributed by atoms with Gasteiger partial charge in [-0.25, -0.2) is 0 Å². The number of unbranched alkanes of at least 4 members (excludes halogenated alkanes) is 1. The van der Waals surface area contributed by atoms with E-state index in [0.29, 0.717) is 42.9 Å². The highest BCUT2D eigenvalue weighted by Gasteiger charge is 2.31. The van der Waals surface area contributed by atoms with Gasteiger partial charge in [0.2, 0.25) is 0 Å². The second-order valence-electron chi connectivity index (χ2n) is 7.86. The lowest BCUT2D eigenvalue weighted by Crippen LogP contribution is -2.45. The first-order valence-electron chi connectivity index (χ1n) is 11.0. The summed E-state index contributed by atoms with van der Waals surface area (Å²) in [6, 6.07) is 12.5. The fourth-order valence-corrected chi connectivity index (χ4v) is 3.88. The van der Waals surface area contributed by atoms with Crippen LogP contribution in [-0.4, -0.2) is 41.8 Å². The Kier molecular flexibility index (Phi) is 9.84. The van der Waals surface area contributed by atoms with Crippen LogP contribution in [0.3, 0.4) is 0 Å². The average molecular weight is 462 g/mol. The normalized spacial score (nSPS) is 13.5. The lowest BCUT2D eigenvalue weighted by Gasteiger charge is -2.35. The molecule has 0 aliphatic carbocycles. The number of hydrogen-bond donors (Lipinski definition) is 3. The Morgan fingerprint density at radius 1 is 1.30 bits per heavy atom. The van der Waals surface area contributed by atoms with Gasteiger partial charge in [0.25, 0.3) is 7.36 Å². The SMILES string of the molecule is C.CCCCC(CC(=O)O)N1CCc2cc(OCc3ccc(C(=N)N)cc3)ccc2C1=O.[3H]F. The van der Waals surface area contributed by atoms with E-state index in [9.17, 15) is 14.7 Å². The summed E-state index contributed by atoms with van der Waals surface area (Å²) < 4.78 is 18.9. The van der Waals surface area contributed by atoms with Crippen LogP contribution in [-0.2, 0) is 17.8 Å². The van der Waals surface area contributed by atoms with Gasteiger partial charge < -0.3 is 20.5 Å². The highest BCUT2D eigenvalue weighted by molar-refractivity contribution is 5.97. The molecule has 33 heavy (non-hydrogen) atoms. The first-order chi connectivity index (χ1) is 15.9. The van der Waals surface area contributed by atoms with Crippen LogP contribution < -0.4 is 10.5 Å². The zero-order valence-electron chi connectivity index (χ0n) is 19.1. The zero-order chi connectivity index (χ0) is 24.4. The molecule has 2 aromatic rings. The topological polar surface area (TPSA) is 117 Å². The summed E-state index contributed by atoms with van der Waals surface area (Å²) in [5.41, 5.74) is 8.64. The summed E-state index contributed by atoms with van der Waals surface area (Å²) in [6.45, 7) is 2.95. The molecule has 0 fully saturated rings. The quantitative estimate of drug-likeness (QED) is 0.359. The molecule has 1 heterocycles. The van der Waals surface area contributed by atoms with Gasteiger partial charge in [-0.3, -0.25) is 19.7 Å². The Balaban J connectivity index is 0.00000188. The number of halogens is 1. The molecule has 1 aliphatic rings. The molecule has 4 N–H and O–H groups in total. The number of carbonyl (C=O) groups excluding carboxylic acids is 1. The summed E-state index contributed by atoms with van der Waals surface area (Å²) >= 11 is 0. The molecule has 180 valence electrons. The number of rotatable bonds is 10. The van der Waals surface area contributed by atoms with Crippen LogP contribution in [0.2, 0.25) is 0 Å². The van der Waals surface area contributed by atoms with Gasteiger partial charge in [-0.05, 0) is 42.2 Å². The van der Waals surface area contributed by atoms with Crippen molar-refractivity contribution in [2.75, 3.05) is 6.54 Å². The van der Waals surface area contributed by atoms with Crippen molar-refractivity contribution in [2.45, 2.75) is 59.1 Å². The molecule has 8 heteroatoms. The number of nitrogen functional groups attached to an aromatic ring is 1. The number of ether oxygens (including phenoxy) is 1. The minimum Gasteiger partial charge on any atom is -0.489 e. The maximum absolute atomic E-state index is 13.0. The van der Waals surface area contributed by atoms with Crippen molar-refractivity contribution in [3.05, 3.63) is 64.7 Å². The van der Waals surface area contributed by atoms with E-state index in [1.165, 1.54) is 0 Å². The van der Waals surface area contributed by atoms with Crippen LogP contribution in [0.4, 0.5) is 4.72 Å². The van der Waals surface area contributed by atoms with Crippen LogP contribution in [0.1, 0.15) is 67.1 Å². The van der Waals surface area contributed by atoms with Crippen LogP contribution in [0, 0.1) is 5.41 Å². The maximum Gasteiger partial charge on any atom is 0.305 e. The van der Waals surface area contributed by atoms with Gasteiger partial charge in [0.1, 0.15) is 18.2 Å². The third-order valence-corrected chi connectivity index (χ3v) is 5.60. The van der Waals surface area contributed by atoms with E-state index in [0.717, 1.165) is 24.0 Å². The summed E-state index contributed by atoms with van der Waals surface area (Å²) in [5.74, 6) is -0.264. The smallest absolute Gasteiger partial charge is 0.305 e. The number of nitrogens with one attached hydrogen (secondary N) is 1. The molecule has 0 bridgehead atoms. The molecule has 1 aliphatic heterocycles. The summed E-state index contributed by atoms with van der Waals surface area (Å²) in [5, 5.41) is 16.7. The monoisotopic (exact) mass is 461 g/mol. The molecule has 0 saturated heterocycles. The number of carbonyl (C=O) groups is 2. The molecule has 0 radical (unpaired) electrons. The number of carboxylic acid groups (broad SMARTS) is 1. The van der Waals surface area contributed by atoms with Crippen LogP contribution in [0.15, 0.2) is 42.5 Å². The fourth-order valence-electron chi connectivity index (χ4n) is 3.88. The molecule has 0 spiro atoms. The molecule has 2 aromatic carbocycles. The van der Waals surface area contributed by atoms with Crippen molar-refractivity contribution < 1.29 is 24.1 Å². The largest absolute Gasteiger partial charge is 0.489 e. The number of carboxylic acids is 1. The van der Waals surface area contributed by atoms with Crippen LogP contribution >= 0.6 is 0 Å². The number of benzene rings is 2. The van der Waals surface area contributed by atoms with Gasteiger partial charge in [-0.2, -0.15) is 0 Å². The van der Waals surface area contributed by atoms with Gasteiger partial charge in [0.15, 0.2) is 0 Å². The van der Waals surface area contributed by atoms with Crippen molar-refractivity contribution in [3.8, 4) is 5.75 Å². The third kappa shape index (κ3) is 7.03. The number of hydrogen-bond acceptors (Lipinski definition) is 4. The van der Waals surface area contributed by atoms with E-state index in [1.807, 2.05) is 18.2 Å². The lowest BCUT2D eigenvalue weighted by molar-refractivity contribution is -0.138. The molecule has 0 aromatic heterocycles. The number of amides is 1. The van der Waals surface area contributed by atoms with Crippen LogP contribution in [0.5, 0.6) is 5.75 Å². The predicted octanol–water partition coefficient (Wildman–Crippen LogP) is 4.37. The number of amidine groups is 1. The molecule has 0 saturated carbocycles. The molecule has 1 unspecified atom stereocenters. The van der Waals surface area contributed by atoms with Gasteiger partial charge in [-0.15, -0.1) is 0 Å². The second kappa shape index (κ2) is 12.6. The van der Waals surface area contributed by atoms with Crippen LogP contribution in [0.25, 0.3) is 0 Å². The van der Waals surface area contributed by atoms with Gasteiger partial charge in [-0.1, -0.05) is 51.5 Å². The maximum atomic E-state index is 13.0. The van der Waals surface area contributed by atoms with E-state index in [4.69, 9.17) is 20.6 Å². The molecular formula is C25H34FN3O4. The number of nitrogens with zero attached hydrogens (tertiary/aromatic N) is 1. The third-order valence-electron chi connectivity index (χ3n) is 5.60. The highest BCUT2D eigenvalue weighted by atomic mass is 19.0. The molecule has 1 amide bonds. The standard InChI is InChI=1S/C24H29N3O4.CH4.FH/c1-2-3-4-19(14-22(28)29)27-12-11-18-13-20(9-10-21(18)24(27)30)31-15-16-5-7-17(8-6-16)23(25)26;;/h5-10,13,19H,2-4,11-12,14-15H2,1H3,(H3,25,26)(H,28,29);1H4;1H/i/hT. The summed E-state index contributed by atoms with van der Waals surface area (Å²) in [6.07, 6.45) is 3.22. The molecular weight excluding hydrogens is 425 g/mol. The van der Waals surface area contributed by atoms with Crippen molar-refractivity contribution >= 4 is 17.7 Å². The Labute approximate surface area is 195 Å².